The Labute approximate surface area is 258 Å². The van der Waals surface area contributed by atoms with Crippen molar-refractivity contribution in [1.29, 1.82) is 0 Å². The van der Waals surface area contributed by atoms with Crippen LogP contribution in [0, 0.1) is 20.8 Å². The van der Waals surface area contributed by atoms with Crippen molar-refractivity contribution in [2.75, 3.05) is 19.0 Å². The zero-order chi connectivity index (χ0) is 29.9. The lowest BCUT2D eigenvalue weighted by atomic mass is 10.1. The van der Waals surface area contributed by atoms with Crippen LogP contribution < -0.4 is 40.7 Å². The van der Waals surface area contributed by atoms with E-state index in [2.05, 4.69) is 0 Å². The molecule has 220 valence electrons. The summed E-state index contributed by atoms with van der Waals surface area (Å²) in [5, 5.41) is 0. The molecule has 42 heavy (non-hydrogen) atoms. The van der Waals surface area contributed by atoms with Crippen molar-refractivity contribution in [3.8, 4) is 17.2 Å². The third kappa shape index (κ3) is 9.04. The molecule has 0 aliphatic rings. The number of esters is 2. The van der Waals surface area contributed by atoms with Gasteiger partial charge in [0.05, 0.1) is 11.1 Å². The molecular formula is C34H37BrN2O5. The SMILES string of the molecule is CC.Cc1ccc(C(=O)Oc2ccc(OC(=O)c3ccc(O/C=C\[n+]4ccc(N(C)C)cc4)cc3)c(C)c2C)cc1.[Br-]. The topological polar surface area (TPSA) is 68.9 Å². The fraction of sp³-hybridized carbons (Fsp3) is 0.206. The van der Waals surface area contributed by atoms with Crippen molar-refractivity contribution in [3.05, 3.63) is 119 Å². The van der Waals surface area contributed by atoms with Gasteiger partial charge in [-0.1, -0.05) is 31.5 Å². The van der Waals surface area contributed by atoms with Gasteiger partial charge in [0, 0.05) is 31.9 Å². The van der Waals surface area contributed by atoms with Crippen LogP contribution in [0.15, 0.2) is 91.5 Å². The van der Waals surface area contributed by atoms with Crippen molar-refractivity contribution in [2.45, 2.75) is 34.6 Å². The molecule has 0 N–H and O–H groups in total. The maximum Gasteiger partial charge on any atom is 0.343 e. The van der Waals surface area contributed by atoms with Crippen molar-refractivity contribution in [1.82, 2.24) is 0 Å². The summed E-state index contributed by atoms with van der Waals surface area (Å²) in [6.45, 7) is 9.59. The summed E-state index contributed by atoms with van der Waals surface area (Å²) in [7, 11) is 3.98. The lowest BCUT2D eigenvalue weighted by Crippen LogP contribution is -3.00. The molecule has 0 unspecified atom stereocenters. The summed E-state index contributed by atoms with van der Waals surface area (Å²) >= 11 is 0. The summed E-state index contributed by atoms with van der Waals surface area (Å²) in [6, 6.07) is 21.1. The van der Waals surface area contributed by atoms with E-state index >= 15 is 0 Å². The number of pyridine rings is 1. The summed E-state index contributed by atoms with van der Waals surface area (Å²) in [5.41, 5.74) is 4.43. The quantitative estimate of drug-likeness (QED) is 0.127. The summed E-state index contributed by atoms with van der Waals surface area (Å²) < 4.78 is 18.7. The highest BCUT2D eigenvalue weighted by molar-refractivity contribution is 5.92. The van der Waals surface area contributed by atoms with Crippen LogP contribution in [0.5, 0.6) is 17.2 Å². The largest absolute Gasteiger partial charge is 1.00 e. The highest BCUT2D eigenvalue weighted by atomic mass is 79.9. The van der Waals surface area contributed by atoms with Crippen molar-refractivity contribution >= 4 is 23.8 Å². The van der Waals surface area contributed by atoms with E-state index in [4.69, 9.17) is 14.2 Å². The molecule has 0 saturated heterocycles. The average Bonchev–Trinajstić information content (AvgIpc) is 2.99. The molecule has 0 radical (unpaired) electrons. The van der Waals surface area contributed by atoms with Gasteiger partial charge in [0.25, 0.3) is 0 Å². The first-order chi connectivity index (χ1) is 19.7. The van der Waals surface area contributed by atoms with Crippen LogP contribution in [0.4, 0.5) is 5.69 Å². The molecule has 0 amide bonds. The molecule has 1 heterocycles. The van der Waals surface area contributed by atoms with E-state index < -0.39 is 11.9 Å². The first-order valence-corrected chi connectivity index (χ1v) is 13.4. The second-order valence-corrected chi connectivity index (χ2v) is 9.28. The molecule has 1 aromatic heterocycles. The van der Waals surface area contributed by atoms with E-state index in [1.54, 1.807) is 61.0 Å². The fourth-order valence-electron chi connectivity index (χ4n) is 3.68. The number of aromatic nitrogens is 1. The number of carbonyl (C=O) groups is 2. The molecule has 3 aromatic carbocycles. The molecule has 4 rings (SSSR count). The highest BCUT2D eigenvalue weighted by Gasteiger charge is 2.16. The molecule has 0 atom stereocenters. The van der Waals surface area contributed by atoms with E-state index in [0.717, 1.165) is 11.3 Å². The average molecular weight is 634 g/mol. The summed E-state index contributed by atoms with van der Waals surface area (Å²) in [5.74, 6) is 0.452. The van der Waals surface area contributed by atoms with Crippen LogP contribution in [-0.2, 0) is 0 Å². The first kappa shape index (κ1) is 33.8. The Bertz CT molecular complexity index is 1500. The third-order valence-electron chi connectivity index (χ3n) is 6.26. The smallest absolute Gasteiger partial charge is 0.343 e. The molecule has 0 saturated carbocycles. The first-order valence-electron chi connectivity index (χ1n) is 13.4. The molecule has 0 aliphatic heterocycles. The van der Waals surface area contributed by atoms with Crippen LogP contribution in [0.2, 0.25) is 0 Å². The standard InChI is InChI=1S/C32H31N2O5.C2H6.BrH/c1-22-6-8-25(9-7-22)31(35)38-29-14-15-30(24(3)23(29)2)39-32(36)26-10-12-28(13-11-26)37-21-20-34-18-16-27(17-19-34)33(4)5;1-2;/h6-21H,1-5H3;1-2H3;1H/q+1;;/p-1/b21-20-;;. The number of benzene rings is 3. The Balaban J connectivity index is 0.00000201. The van der Waals surface area contributed by atoms with Gasteiger partial charge in [-0.15, -0.1) is 0 Å². The molecule has 4 aromatic rings. The maximum absolute atomic E-state index is 12.8. The number of hydrogen-bond acceptors (Lipinski definition) is 6. The van der Waals surface area contributed by atoms with E-state index in [-0.39, 0.29) is 17.0 Å². The van der Waals surface area contributed by atoms with E-state index in [0.29, 0.717) is 39.5 Å². The number of rotatable bonds is 8. The minimum atomic E-state index is -0.500. The lowest BCUT2D eigenvalue weighted by Gasteiger charge is -2.14. The van der Waals surface area contributed by atoms with Crippen molar-refractivity contribution in [2.24, 2.45) is 0 Å². The normalized spacial score (nSPS) is 10.2. The zero-order valence-electron chi connectivity index (χ0n) is 25.1. The summed E-state index contributed by atoms with van der Waals surface area (Å²) in [6.07, 6.45) is 7.22. The zero-order valence-corrected chi connectivity index (χ0v) is 26.6. The van der Waals surface area contributed by atoms with Gasteiger partial charge in [-0.25, -0.2) is 9.59 Å². The maximum atomic E-state index is 12.8. The predicted octanol–water partition coefficient (Wildman–Crippen LogP) is 3.94. The van der Waals surface area contributed by atoms with Crippen LogP contribution in [-0.4, -0.2) is 26.0 Å². The predicted molar refractivity (Wildman–Crippen MR) is 162 cm³/mol. The monoisotopic (exact) mass is 632 g/mol. The molecule has 8 heteroatoms. The molecule has 7 nitrogen and oxygen atoms in total. The van der Waals surface area contributed by atoms with Gasteiger partial charge in [0.15, 0.2) is 18.7 Å². The third-order valence-corrected chi connectivity index (χ3v) is 6.26. The Kier molecular flexibility index (Phi) is 13.0. The molecule has 0 fully saturated rings. The number of halogens is 1. The van der Waals surface area contributed by atoms with E-state index in [9.17, 15) is 9.59 Å². The van der Waals surface area contributed by atoms with Crippen LogP contribution in [0.3, 0.4) is 0 Å². The number of hydrogen-bond donors (Lipinski definition) is 0. The van der Waals surface area contributed by atoms with Gasteiger partial charge in [0.2, 0.25) is 6.20 Å². The van der Waals surface area contributed by atoms with Crippen molar-refractivity contribution in [3.63, 3.8) is 0 Å². The van der Waals surface area contributed by atoms with Gasteiger partial charge in [-0.2, -0.15) is 4.57 Å². The van der Waals surface area contributed by atoms with Crippen LogP contribution in [0.1, 0.15) is 51.3 Å². The second-order valence-electron chi connectivity index (χ2n) is 9.28. The van der Waals surface area contributed by atoms with E-state index in [1.165, 1.54) is 0 Å². The van der Waals surface area contributed by atoms with Gasteiger partial charge >= 0.3 is 11.9 Å². The van der Waals surface area contributed by atoms with E-state index in [1.807, 2.05) is 94.8 Å². The van der Waals surface area contributed by atoms with Gasteiger partial charge < -0.3 is 36.1 Å². The molecule has 0 spiro atoms. The highest BCUT2D eigenvalue weighted by Crippen LogP contribution is 2.30. The minimum absolute atomic E-state index is 0. The Morgan fingerprint density at radius 2 is 1.14 bits per heavy atom. The number of nitrogens with zero attached hydrogens (tertiary/aromatic N) is 2. The fourth-order valence-corrected chi connectivity index (χ4v) is 3.68. The number of carbonyl (C=O) groups excluding carboxylic acids is 2. The summed E-state index contributed by atoms with van der Waals surface area (Å²) in [4.78, 5) is 27.3. The molecule has 0 aliphatic carbocycles. The second kappa shape index (κ2) is 16.1. The number of ether oxygens (including phenoxy) is 3. The molecular weight excluding hydrogens is 596 g/mol. The molecule has 0 bridgehead atoms. The Morgan fingerprint density at radius 3 is 1.60 bits per heavy atom. The number of anilines is 1. The number of aryl methyl sites for hydroxylation is 1. The van der Waals surface area contributed by atoms with Gasteiger partial charge in [0.1, 0.15) is 17.2 Å². The van der Waals surface area contributed by atoms with Gasteiger partial charge in [-0.3, -0.25) is 0 Å². The van der Waals surface area contributed by atoms with Crippen molar-refractivity contribution < 1.29 is 45.3 Å². The Morgan fingerprint density at radius 1 is 0.690 bits per heavy atom. The lowest BCUT2D eigenvalue weighted by molar-refractivity contribution is -0.568. The van der Waals surface area contributed by atoms with Crippen LogP contribution >= 0.6 is 0 Å². The minimum Gasteiger partial charge on any atom is -1.00 e. The van der Waals surface area contributed by atoms with Crippen LogP contribution in [0.25, 0.3) is 6.20 Å². The Hall–Kier alpha value is -4.43. The van der Waals surface area contributed by atoms with Gasteiger partial charge in [-0.05, 0) is 80.4 Å².